The van der Waals surface area contributed by atoms with E-state index in [1.54, 1.807) is 0 Å². The van der Waals surface area contributed by atoms with Gasteiger partial charge in [-0.25, -0.2) is 0 Å². The molecule has 4 nitrogen and oxygen atoms in total. The van der Waals surface area contributed by atoms with Crippen LogP contribution in [0.2, 0.25) is 0 Å². The lowest BCUT2D eigenvalue weighted by Gasteiger charge is -2.29. The second-order valence-electron chi connectivity index (χ2n) is 5.46. The standard InChI is InChI=1S/C15H15F3N2O2/c16-15(17,18)11-3-1-9(2-4-11)12-7-10(5-6-19-12)13-8-14(21)20-22-13/h1-4,8,10,12,19H,5-7H2,(H,20,21). The van der Waals surface area contributed by atoms with E-state index in [2.05, 4.69) is 10.5 Å². The van der Waals surface area contributed by atoms with Gasteiger partial charge >= 0.3 is 6.18 Å². The third kappa shape index (κ3) is 3.09. The van der Waals surface area contributed by atoms with E-state index in [0.717, 1.165) is 24.1 Å². The Morgan fingerprint density at radius 2 is 1.91 bits per heavy atom. The van der Waals surface area contributed by atoms with Gasteiger partial charge in [0, 0.05) is 18.0 Å². The fraction of sp³-hybridized carbons (Fsp3) is 0.400. The Bertz CT molecular complexity index is 688. The van der Waals surface area contributed by atoms with E-state index < -0.39 is 11.7 Å². The Labute approximate surface area is 124 Å². The third-order valence-electron chi connectivity index (χ3n) is 3.99. The Balaban J connectivity index is 1.76. The minimum absolute atomic E-state index is 0.0544. The van der Waals surface area contributed by atoms with Crippen molar-refractivity contribution in [2.75, 3.05) is 6.54 Å². The second kappa shape index (κ2) is 5.64. The lowest BCUT2D eigenvalue weighted by Crippen LogP contribution is -2.30. The van der Waals surface area contributed by atoms with Gasteiger partial charge in [-0.1, -0.05) is 12.1 Å². The summed E-state index contributed by atoms with van der Waals surface area (Å²) in [6.45, 7) is 0.714. The number of benzene rings is 1. The first-order valence-electron chi connectivity index (χ1n) is 7.02. The van der Waals surface area contributed by atoms with Crippen molar-refractivity contribution in [1.29, 1.82) is 0 Å². The van der Waals surface area contributed by atoms with Crippen molar-refractivity contribution in [3.8, 4) is 0 Å². The molecule has 1 fully saturated rings. The van der Waals surface area contributed by atoms with Crippen LogP contribution in [0.4, 0.5) is 13.2 Å². The highest BCUT2D eigenvalue weighted by atomic mass is 19.4. The number of alkyl halides is 3. The van der Waals surface area contributed by atoms with E-state index in [0.29, 0.717) is 18.7 Å². The monoisotopic (exact) mass is 312 g/mol. The molecule has 0 radical (unpaired) electrons. The third-order valence-corrected chi connectivity index (χ3v) is 3.99. The van der Waals surface area contributed by atoms with Crippen molar-refractivity contribution in [2.24, 2.45) is 0 Å². The van der Waals surface area contributed by atoms with Crippen molar-refractivity contribution in [1.82, 2.24) is 10.5 Å². The molecule has 1 aliphatic heterocycles. The summed E-state index contributed by atoms with van der Waals surface area (Å²) in [6, 6.07) is 6.56. The molecule has 118 valence electrons. The number of aromatic nitrogens is 1. The number of hydrogen-bond donors (Lipinski definition) is 2. The van der Waals surface area contributed by atoms with E-state index in [4.69, 9.17) is 4.52 Å². The van der Waals surface area contributed by atoms with Crippen LogP contribution in [0.1, 0.15) is 41.7 Å². The zero-order valence-corrected chi connectivity index (χ0v) is 11.6. The number of piperidine rings is 1. The fourth-order valence-electron chi connectivity index (χ4n) is 2.83. The molecule has 0 bridgehead atoms. The first-order chi connectivity index (χ1) is 10.4. The van der Waals surface area contributed by atoms with Gasteiger partial charge in [-0.05, 0) is 37.1 Å². The second-order valence-corrected chi connectivity index (χ2v) is 5.46. The number of halogens is 3. The maximum Gasteiger partial charge on any atom is 0.416 e. The fourth-order valence-corrected chi connectivity index (χ4v) is 2.83. The van der Waals surface area contributed by atoms with Gasteiger partial charge in [0.05, 0.1) is 5.56 Å². The number of hydrogen-bond acceptors (Lipinski definition) is 3. The van der Waals surface area contributed by atoms with Crippen LogP contribution in [0.25, 0.3) is 0 Å². The molecule has 2 unspecified atom stereocenters. The number of rotatable bonds is 2. The molecule has 0 aliphatic carbocycles. The average molecular weight is 312 g/mol. The predicted molar refractivity (Wildman–Crippen MR) is 73.5 cm³/mol. The summed E-state index contributed by atoms with van der Waals surface area (Å²) in [5.41, 5.74) is -0.129. The molecule has 0 saturated carbocycles. The van der Waals surface area contributed by atoms with Crippen LogP contribution in [0.3, 0.4) is 0 Å². The van der Waals surface area contributed by atoms with Crippen molar-refractivity contribution in [3.05, 3.63) is 57.6 Å². The van der Waals surface area contributed by atoms with Crippen LogP contribution < -0.4 is 10.9 Å². The van der Waals surface area contributed by atoms with Crippen LogP contribution in [0.5, 0.6) is 0 Å². The summed E-state index contributed by atoms with van der Waals surface area (Å²) < 4.78 is 42.9. The number of nitrogens with one attached hydrogen (secondary N) is 2. The molecule has 2 aromatic rings. The van der Waals surface area contributed by atoms with Crippen molar-refractivity contribution < 1.29 is 17.7 Å². The Hall–Kier alpha value is -2.02. The summed E-state index contributed by atoms with van der Waals surface area (Å²) in [5.74, 6) is 0.677. The van der Waals surface area contributed by atoms with Crippen molar-refractivity contribution >= 4 is 0 Å². The van der Waals surface area contributed by atoms with Gasteiger partial charge in [-0.3, -0.25) is 4.79 Å². The van der Waals surface area contributed by atoms with E-state index in [1.165, 1.54) is 18.2 Å². The Morgan fingerprint density at radius 3 is 2.50 bits per heavy atom. The molecular formula is C15H15F3N2O2. The molecule has 2 heterocycles. The zero-order valence-electron chi connectivity index (χ0n) is 11.6. The van der Waals surface area contributed by atoms with Gasteiger partial charge in [-0.2, -0.15) is 18.3 Å². The molecule has 7 heteroatoms. The SMILES string of the molecule is O=c1cc(C2CCNC(c3ccc(C(F)(F)F)cc3)C2)o[nH]1. The maximum absolute atomic E-state index is 12.6. The first-order valence-corrected chi connectivity index (χ1v) is 7.02. The molecule has 0 amide bonds. The topological polar surface area (TPSA) is 58.0 Å². The van der Waals surface area contributed by atoms with Gasteiger partial charge in [0.2, 0.25) is 0 Å². The van der Waals surface area contributed by atoms with Gasteiger partial charge < -0.3 is 9.84 Å². The first kappa shape index (κ1) is 14.9. The predicted octanol–water partition coefficient (Wildman–Crippen LogP) is 3.20. The van der Waals surface area contributed by atoms with Crippen LogP contribution in [-0.2, 0) is 6.18 Å². The molecular weight excluding hydrogens is 297 g/mol. The Morgan fingerprint density at radius 1 is 1.18 bits per heavy atom. The quantitative estimate of drug-likeness (QED) is 0.895. The molecule has 0 spiro atoms. The highest BCUT2D eigenvalue weighted by Gasteiger charge is 2.31. The van der Waals surface area contributed by atoms with Crippen LogP contribution >= 0.6 is 0 Å². The molecule has 1 aromatic heterocycles. The molecule has 22 heavy (non-hydrogen) atoms. The van der Waals surface area contributed by atoms with Crippen LogP contribution in [-0.4, -0.2) is 11.7 Å². The lowest BCUT2D eigenvalue weighted by molar-refractivity contribution is -0.137. The van der Waals surface area contributed by atoms with Crippen LogP contribution in [0.15, 0.2) is 39.6 Å². The summed E-state index contributed by atoms with van der Waals surface area (Å²) in [6.07, 6.45) is -2.83. The Kier molecular flexibility index (Phi) is 3.82. The summed E-state index contributed by atoms with van der Waals surface area (Å²) >= 11 is 0. The van der Waals surface area contributed by atoms with E-state index >= 15 is 0 Å². The summed E-state index contributed by atoms with van der Waals surface area (Å²) in [7, 11) is 0. The van der Waals surface area contributed by atoms with E-state index in [1.807, 2.05) is 0 Å². The minimum Gasteiger partial charge on any atom is -0.383 e. The van der Waals surface area contributed by atoms with Gasteiger partial charge in [0.1, 0.15) is 5.76 Å². The average Bonchev–Trinajstić information content (AvgIpc) is 2.93. The molecule has 2 atom stereocenters. The number of H-pyrrole nitrogens is 1. The normalized spacial score (nSPS) is 22.7. The van der Waals surface area contributed by atoms with Crippen LogP contribution in [0, 0.1) is 0 Å². The van der Waals surface area contributed by atoms with Gasteiger partial charge in [0.15, 0.2) is 0 Å². The molecule has 1 aromatic carbocycles. The summed E-state index contributed by atoms with van der Waals surface area (Å²) in [5, 5.41) is 5.56. The van der Waals surface area contributed by atoms with E-state index in [-0.39, 0.29) is 17.5 Å². The molecule has 1 aliphatic rings. The highest BCUT2D eigenvalue weighted by molar-refractivity contribution is 5.27. The molecule has 2 N–H and O–H groups in total. The van der Waals surface area contributed by atoms with Crippen molar-refractivity contribution in [2.45, 2.75) is 31.0 Å². The van der Waals surface area contributed by atoms with Gasteiger partial charge in [0.25, 0.3) is 5.56 Å². The number of aromatic amines is 1. The molecule has 3 rings (SSSR count). The summed E-state index contributed by atoms with van der Waals surface area (Å²) in [4.78, 5) is 11.1. The van der Waals surface area contributed by atoms with Crippen molar-refractivity contribution in [3.63, 3.8) is 0 Å². The maximum atomic E-state index is 12.6. The minimum atomic E-state index is -4.32. The van der Waals surface area contributed by atoms with Gasteiger partial charge in [-0.15, -0.1) is 0 Å². The van der Waals surface area contributed by atoms with E-state index in [9.17, 15) is 18.0 Å². The lowest BCUT2D eigenvalue weighted by atomic mass is 9.87. The zero-order chi connectivity index (χ0) is 15.7. The largest absolute Gasteiger partial charge is 0.416 e. The smallest absolute Gasteiger partial charge is 0.383 e. The molecule has 1 saturated heterocycles. The highest BCUT2D eigenvalue weighted by Crippen LogP contribution is 2.35.